The maximum atomic E-state index is 13.7. The van der Waals surface area contributed by atoms with Gasteiger partial charge in [0.25, 0.3) is 0 Å². The second-order valence-corrected chi connectivity index (χ2v) is 8.80. The van der Waals surface area contributed by atoms with Gasteiger partial charge in [0.2, 0.25) is 0 Å². The monoisotopic (exact) mass is 414 g/mol. The molecule has 0 saturated carbocycles. The molecule has 2 spiro atoms. The minimum Gasteiger partial charge on any atom is -0.287 e. The number of hydrogen-bond acceptors (Lipinski definition) is 2. The van der Waals surface area contributed by atoms with Crippen molar-refractivity contribution in [2.75, 3.05) is 7.05 Å². The molecule has 2 atom stereocenters. The average Bonchev–Trinajstić information content (AvgIpc) is 3.04. The number of nitrogens with one attached hydrogen (secondary N) is 1. The van der Waals surface area contributed by atoms with E-state index in [2.05, 4.69) is 34.1 Å². The zero-order valence-corrected chi connectivity index (χ0v) is 16.2. The highest BCUT2D eigenvalue weighted by Gasteiger charge is 2.63. The van der Waals surface area contributed by atoms with E-state index in [4.69, 9.17) is 10.2 Å². The summed E-state index contributed by atoms with van der Waals surface area (Å²) in [5.41, 5.74) is 4.23. The number of halogens is 2. The first-order chi connectivity index (χ1) is 12.4. The van der Waals surface area contributed by atoms with Gasteiger partial charge >= 0.3 is 0 Å². The third kappa shape index (κ3) is 2.10. The van der Waals surface area contributed by atoms with E-state index in [1.807, 2.05) is 13.1 Å². The molecule has 5 rings (SSSR count). The van der Waals surface area contributed by atoms with Gasteiger partial charge in [-0.15, -0.1) is 0 Å². The Morgan fingerprint density at radius 1 is 1.08 bits per heavy atom. The third-order valence-electron chi connectivity index (χ3n) is 6.55. The van der Waals surface area contributed by atoms with Crippen molar-refractivity contribution in [3.8, 4) is 0 Å². The highest BCUT2D eigenvalue weighted by Crippen LogP contribution is 2.62. The molecule has 2 unspecified atom stereocenters. The number of aryl methyl sites for hydroxylation is 1. The number of hydroxylamine groups is 2. The third-order valence-corrected chi connectivity index (χ3v) is 7.05. The van der Waals surface area contributed by atoms with Crippen LogP contribution in [0.5, 0.6) is 0 Å². The van der Waals surface area contributed by atoms with Crippen LogP contribution >= 0.6 is 15.9 Å². The van der Waals surface area contributed by atoms with Gasteiger partial charge in [-0.05, 0) is 72.2 Å². The molecule has 2 aromatic carbocycles. The van der Waals surface area contributed by atoms with E-state index < -0.39 is 5.60 Å². The molecule has 26 heavy (non-hydrogen) atoms. The van der Waals surface area contributed by atoms with Crippen LogP contribution in [0.2, 0.25) is 0 Å². The summed E-state index contributed by atoms with van der Waals surface area (Å²) in [6.07, 6.45) is 4.17. The fourth-order valence-corrected chi connectivity index (χ4v) is 5.65. The van der Waals surface area contributed by atoms with E-state index in [9.17, 15) is 4.39 Å². The van der Waals surface area contributed by atoms with Crippen LogP contribution < -0.4 is 0 Å². The quantitative estimate of drug-likeness (QED) is 0.674. The highest BCUT2D eigenvalue weighted by atomic mass is 79.9. The molecule has 0 bridgehead atoms. The van der Waals surface area contributed by atoms with Gasteiger partial charge in [0.1, 0.15) is 17.3 Å². The topological polar surface area (TPSA) is 36.3 Å². The molecule has 1 aliphatic heterocycles. The van der Waals surface area contributed by atoms with Gasteiger partial charge in [0, 0.05) is 23.4 Å². The van der Waals surface area contributed by atoms with Gasteiger partial charge in [0.05, 0.1) is 0 Å². The Morgan fingerprint density at radius 2 is 1.85 bits per heavy atom. The molecule has 0 aromatic heterocycles. The summed E-state index contributed by atoms with van der Waals surface area (Å²) in [5.74, 6) is 0.355. The standard InChI is InChI=1S/C21H20BrFN2O/c1-25-19(24)12-21(26-25)18-9-16(22)4-2-15(18)11-20(21)7-6-13-8-17(23)5-3-14(13)10-20/h2-5,8-9,24H,6-7,10-12H2,1H3. The lowest BCUT2D eigenvalue weighted by molar-refractivity contribution is -0.217. The summed E-state index contributed by atoms with van der Waals surface area (Å²) in [5, 5.41) is 9.98. The Labute approximate surface area is 160 Å². The van der Waals surface area contributed by atoms with Gasteiger partial charge in [-0.3, -0.25) is 10.2 Å². The van der Waals surface area contributed by atoms with E-state index in [0.29, 0.717) is 12.3 Å². The molecular formula is C21H20BrFN2O. The van der Waals surface area contributed by atoms with Crippen molar-refractivity contribution in [3.63, 3.8) is 0 Å². The van der Waals surface area contributed by atoms with Crippen LogP contribution in [0.3, 0.4) is 0 Å². The average molecular weight is 415 g/mol. The Hall–Kier alpha value is -1.72. The largest absolute Gasteiger partial charge is 0.287 e. The highest BCUT2D eigenvalue weighted by molar-refractivity contribution is 9.10. The minimum atomic E-state index is -0.510. The maximum Gasteiger partial charge on any atom is 0.135 e. The Kier molecular flexibility index (Phi) is 3.41. The molecule has 0 amide bonds. The predicted molar refractivity (Wildman–Crippen MR) is 102 cm³/mol. The van der Waals surface area contributed by atoms with E-state index >= 15 is 0 Å². The first-order valence-corrected chi connectivity index (χ1v) is 9.78. The van der Waals surface area contributed by atoms with Gasteiger partial charge < -0.3 is 0 Å². The van der Waals surface area contributed by atoms with Crippen LogP contribution in [-0.4, -0.2) is 17.9 Å². The normalized spacial score (nSPS) is 29.5. The number of fused-ring (bicyclic) bond motifs is 4. The molecule has 2 aliphatic carbocycles. The van der Waals surface area contributed by atoms with E-state index in [0.717, 1.165) is 35.7 Å². The summed E-state index contributed by atoms with van der Waals surface area (Å²) in [7, 11) is 1.83. The number of benzene rings is 2. The second kappa shape index (κ2) is 5.40. The van der Waals surface area contributed by atoms with Crippen molar-refractivity contribution >= 4 is 21.8 Å². The lowest BCUT2D eigenvalue weighted by atomic mass is 9.61. The molecule has 3 nitrogen and oxygen atoms in total. The minimum absolute atomic E-state index is 0.0992. The lowest BCUT2D eigenvalue weighted by Crippen LogP contribution is -2.47. The van der Waals surface area contributed by atoms with Crippen molar-refractivity contribution in [2.24, 2.45) is 5.41 Å². The van der Waals surface area contributed by atoms with Gasteiger partial charge in [-0.2, -0.15) is 0 Å². The van der Waals surface area contributed by atoms with E-state index in [1.165, 1.54) is 16.7 Å². The zero-order valence-electron chi connectivity index (χ0n) is 14.6. The summed E-state index contributed by atoms with van der Waals surface area (Å²) < 4.78 is 14.7. The fourth-order valence-electron chi connectivity index (χ4n) is 5.29. The van der Waals surface area contributed by atoms with Crippen LogP contribution in [0, 0.1) is 16.6 Å². The molecule has 1 fully saturated rings. The van der Waals surface area contributed by atoms with Crippen LogP contribution in [0.4, 0.5) is 4.39 Å². The summed E-state index contributed by atoms with van der Waals surface area (Å²) >= 11 is 3.61. The molecule has 0 radical (unpaired) electrons. The molecule has 1 saturated heterocycles. The van der Waals surface area contributed by atoms with E-state index in [1.54, 1.807) is 17.2 Å². The Morgan fingerprint density at radius 3 is 2.62 bits per heavy atom. The van der Waals surface area contributed by atoms with Crippen LogP contribution in [0.1, 0.15) is 35.1 Å². The van der Waals surface area contributed by atoms with Gasteiger partial charge in [-0.1, -0.05) is 28.1 Å². The summed E-state index contributed by atoms with van der Waals surface area (Å²) in [4.78, 5) is 6.45. The van der Waals surface area contributed by atoms with Crippen molar-refractivity contribution in [3.05, 3.63) is 68.9 Å². The van der Waals surface area contributed by atoms with Gasteiger partial charge in [-0.25, -0.2) is 9.45 Å². The Bertz CT molecular complexity index is 946. The van der Waals surface area contributed by atoms with Crippen molar-refractivity contribution in [1.82, 2.24) is 5.06 Å². The Balaban J connectivity index is 1.67. The SMILES string of the molecule is CN1OC2(CC1=N)c1cc(Br)ccc1CC21CCc2cc(F)ccc2C1. The zero-order chi connectivity index (χ0) is 18.1. The maximum absolute atomic E-state index is 13.7. The molecule has 1 N–H and O–H groups in total. The molecule has 3 aliphatic rings. The number of rotatable bonds is 0. The number of amidine groups is 1. The predicted octanol–water partition coefficient (Wildman–Crippen LogP) is 4.76. The van der Waals surface area contributed by atoms with Crippen LogP contribution in [0.15, 0.2) is 40.9 Å². The number of hydrogen-bond donors (Lipinski definition) is 1. The fraction of sp³-hybridized carbons (Fsp3) is 0.381. The number of nitrogens with zero attached hydrogens (tertiary/aromatic N) is 1. The summed E-state index contributed by atoms with van der Waals surface area (Å²) in [6, 6.07) is 11.6. The van der Waals surface area contributed by atoms with Crippen molar-refractivity contribution in [1.29, 1.82) is 5.41 Å². The molecular weight excluding hydrogens is 395 g/mol. The van der Waals surface area contributed by atoms with Crippen molar-refractivity contribution in [2.45, 2.75) is 37.7 Å². The van der Waals surface area contributed by atoms with E-state index in [-0.39, 0.29) is 11.2 Å². The van der Waals surface area contributed by atoms with Crippen molar-refractivity contribution < 1.29 is 9.23 Å². The first kappa shape index (κ1) is 16.5. The molecule has 2 aromatic rings. The molecule has 5 heteroatoms. The molecule has 134 valence electrons. The smallest absolute Gasteiger partial charge is 0.135 e. The van der Waals surface area contributed by atoms with Crippen LogP contribution in [-0.2, 0) is 29.7 Å². The molecule has 1 heterocycles. The second-order valence-electron chi connectivity index (χ2n) is 7.89. The first-order valence-electron chi connectivity index (χ1n) is 8.99. The van der Waals surface area contributed by atoms with Gasteiger partial charge in [0.15, 0.2) is 0 Å². The van der Waals surface area contributed by atoms with Crippen LogP contribution in [0.25, 0.3) is 0 Å². The summed E-state index contributed by atoms with van der Waals surface area (Å²) in [6.45, 7) is 0. The lowest BCUT2D eigenvalue weighted by Gasteiger charge is -2.45.